The van der Waals surface area contributed by atoms with Gasteiger partial charge in [0, 0.05) is 26.2 Å². The van der Waals surface area contributed by atoms with Crippen molar-refractivity contribution in [3.8, 4) is 0 Å². The third-order valence-electron chi connectivity index (χ3n) is 3.74. The van der Waals surface area contributed by atoms with Gasteiger partial charge in [0.15, 0.2) is 0 Å². The van der Waals surface area contributed by atoms with Crippen LogP contribution < -0.4 is 5.73 Å². The molecular weight excluding hydrogens is 280 g/mol. The minimum atomic E-state index is 0.514. The average Bonchev–Trinajstić information content (AvgIpc) is 2.62. The summed E-state index contributed by atoms with van der Waals surface area (Å²) in [4.78, 5) is 2.49. The lowest BCUT2D eigenvalue weighted by Gasteiger charge is -2.37. The van der Waals surface area contributed by atoms with Crippen molar-refractivity contribution in [3.05, 3.63) is 16.4 Å². The van der Waals surface area contributed by atoms with Crippen LogP contribution in [0.5, 0.6) is 0 Å². The number of likely N-dealkylation sites (tertiary alicyclic amines) is 1. The molecule has 0 saturated carbocycles. The van der Waals surface area contributed by atoms with Gasteiger partial charge in [0.2, 0.25) is 0 Å². The van der Waals surface area contributed by atoms with Crippen LogP contribution in [0.25, 0.3) is 0 Å². The number of nitrogens with zero attached hydrogens (tertiary/aromatic N) is 3. The number of nitrogens with two attached hydrogens (primary N) is 1. The maximum Gasteiger partial charge on any atom is 0.0663 e. The van der Waals surface area contributed by atoms with E-state index in [1.54, 1.807) is 0 Å². The summed E-state index contributed by atoms with van der Waals surface area (Å²) in [5.41, 5.74) is 7.12. The second-order valence-electron chi connectivity index (χ2n) is 5.05. The van der Waals surface area contributed by atoms with Crippen LogP contribution in [0.4, 0.5) is 0 Å². The molecule has 2 unspecified atom stereocenters. The zero-order valence-electron chi connectivity index (χ0n) is 10.6. The predicted octanol–water partition coefficient (Wildman–Crippen LogP) is 1.74. The van der Waals surface area contributed by atoms with Crippen LogP contribution in [0.3, 0.4) is 0 Å². The molecule has 0 aromatic carbocycles. The van der Waals surface area contributed by atoms with E-state index in [1.165, 1.54) is 18.5 Å². The molecule has 1 saturated heterocycles. The summed E-state index contributed by atoms with van der Waals surface area (Å²) in [6, 6.07) is 0.514. The van der Waals surface area contributed by atoms with Gasteiger partial charge in [-0.05, 0) is 41.2 Å². The molecule has 1 aromatic heterocycles. The Morgan fingerprint density at radius 3 is 2.94 bits per heavy atom. The molecule has 17 heavy (non-hydrogen) atoms. The van der Waals surface area contributed by atoms with E-state index < -0.39 is 0 Å². The van der Waals surface area contributed by atoms with Gasteiger partial charge in [0.05, 0.1) is 16.4 Å². The fourth-order valence-electron chi connectivity index (χ4n) is 2.56. The SMILES string of the molecule is CC1CCN(Cc2c(Br)cnn2C)C(CN)C1. The highest BCUT2D eigenvalue weighted by molar-refractivity contribution is 9.10. The van der Waals surface area contributed by atoms with Gasteiger partial charge in [0.1, 0.15) is 0 Å². The van der Waals surface area contributed by atoms with Gasteiger partial charge >= 0.3 is 0 Å². The molecule has 5 heteroatoms. The summed E-state index contributed by atoms with van der Waals surface area (Å²) in [5, 5.41) is 4.26. The number of halogens is 1. The van der Waals surface area contributed by atoms with Crippen LogP contribution in [0, 0.1) is 5.92 Å². The minimum Gasteiger partial charge on any atom is -0.329 e. The molecule has 2 N–H and O–H groups in total. The van der Waals surface area contributed by atoms with E-state index >= 15 is 0 Å². The summed E-state index contributed by atoms with van der Waals surface area (Å²) in [6.45, 7) is 5.14. The third-order valence-corrected chi connectivity index (χ3v) is 4.40. The first-order valence-electron chi connectivity index (χ1n) is 6.22. The molecule has 2 atom stereocenters. The summed E-state index contributed by atoms with van der Waals surface area (Å²) in [5.74, 6) is 0.801. The molecule has 2 rings (SSSR count). The van der Waals surface area contributed by atoms with Crippen LogP contribution in [0.15, 0.2) is 10.7 Å². The molecule has 0 spiro atoms. The van der Waals surface area contributed by atoms with Crippen molar-refractivity contribution in [2.75, 3.05) is 13.1 Å². The molecule has 0 amide bonds. The number of aryl methyl sites for hydroxylation is 1. The minimum absolute atomic E-state index is 0.514. The predicted molar refractivity (Wildman–Crippen MR) is 72.6 cm³/mol. The first kappa shape index (κ1) is 13.1. The highest BCUT2D eigenvalue weighted by Crippen LogP contribution is 2.25. The van der Waals surface area contributed by atoms with Crippen LogP contribution in [0.1, 0.15) is 25.5 Å². The molecule has 1 aromatic rings. The van der Waals surface area contributed by atoms with Crippen LogP contribution >= 0.6 is 15.9 Å². The molecule has 1 aliphatic heterocycles. The van der Waals surface area contributed by atoms with Crippen molar-refractivity contribution in [2.24, 2.45) is 18.7 Å². The Morgan fingerprint density at radius 1 is 1.59 bits per heavy atom. The van der Waals surface area contributed by atoms with Gasteiger partial charge in [0.25, 0.3) is 0 Å². The van der Waals surface area contributed by atoms with E-state index in [1.807, 2.05) is 17.9 Å². The molecule has 0 bridgehead atoms. The Hall–Kier alpha value is -0.390. The van der Waals surface area contributed by atoms with Crippen LogP contribution in [-0.2, 0) is 13.6 Å². The van der Waals surface area contributed by atoms with Crippen molar-refractivity contribution in [1.29, 1.82) is 0 Å². The van der Waals surface area contributed by atoms with Gasteiger partial charge in [-0.3, -0.25) is 9.58 Å². The fraction of sp³-hybridized carbons (Fsp3) is 0.750. The molecular formula is C12H21BrN4. The Balaban J connectivity index is 2.07. The van der Waals surface area contributed by atoms with Gasteiger partial charge in [-0.2, -0.15) is 5.10 Å². The molecule has 0 radical (unpaired) electrons. The molecule has 0 aliphatic carbocycles. The Bertz CT molecular complexity index is 357. The maximum absolute atomic E-state index is 5.89. The van der Waals surface area contributed by atoms with E-state index in [2.05, 4.69) is 32.9 Å². The number of hydrogen-bond donors (Lipinski definition) is 1. The van der Waals surface area contributed by atoms with Crippen molar-refractivity contribution in [1.82, 2.24) is 14.7 Å². The third kappa shape index (κ3) is 2.89. The zero-order chi connectivity index (χ0) is 12.4. The lowest BCUT2D eigenvalue weighted by Crippen LogP contribution is -2.45. The van der Waals surface area contributed by atoms with E-state index in [4.69, 9.17) is 5.73 Å². The van der Waals surface area contributed by atoms with Gasteiger partial charge < -0.3 is 5.73 Å². The highest BCUT2D eigenvalue weighted by Gasteiger charge is 2.26. The number of hydrogen-bond acceptors (Lipinski definition) is 3. The highest BCUT2D eigenvalue weighted by atomic mass is 79.9. The quantitative estimate of drug-likeness (QED) is 0.925. The second-order valence-corrected chi connectivity index (χ2v) is 5.91. The number of rotatable bonds is 3. The first-order chi connectivity index (χ1) is 8.11. The van der Waals surface area contributed by atoms with Crippen LogP contribution in [-0.4, -0.2) is 33.8 Å². The largest absolute Gasteiger partial charge is 0.329 e. The summed E-state index contributed by atoms with van der Waals surface area (Å²) >= 11 is 3.56. The summed E-state index contributed by atoms with van der Waals surface area (Å²) in [6.07, 6.45) is 4.34. The Labute approximate surface area is 111 Å². The molecule has 96 valence electrons. The van der Waals surface area contributed by atoms with Crippen molar-refractivity contribution >= 4 is 15.9 Å². The van der Waals surface area contributed by atoms with Gasteiger partial charge in [-0.25, -0.2) is 0 Å². The van der Waals surface area contributed by atoms with Crippen LogP contribution in [0.2, 0.25) is 0 Å². The number of piperidine rings is 1. The van der Waals surface area contributed by atoms with E-state index in [9.17, 15) is 0 Å². The molecule has 4 nitrogen and oxygen atoms in total. The first-order valence-corrected chi connectivity index (χ1v) is 7.01. The molecule has 2 heterocycles. The molecule has 1 fully saturated rings. The lowest BCUT2D eigenvalue weighted by molar-refractivity contribution is 0.112. The standard InChI is InChI=1S/C12H21BrN4/c1-9-3-4-17(10(5-9)6-14)8-12-11(13)7-15-16(12)2/h7,9-10H,3-6,8,14H2,1-2H3. The van der Waals surface area contributed by atoms with Crippen molar-refractivity contribution in [3.63, 3.8) is 0 Å². The zero-order valence-corrected chi connectivity index (χ0v) is 12.2. The Kier molecular flexibility index (Phi) is 4.22. The smallest absolute Gasteiger partial charge is 0.0663 e. The number of aromatic nitrogens is 2. The summed E-state index contributed by atoms with van der Waals surface area (Å²) < 4.78 is 3.03. The fourth-order valence-corrected chi connectivity index (χ4v) is 3.03. The van der Waals surface area contributed by atoms with Crippen molar-refractivity contribution in [2.45, 2.75) is 32.4 Å². The monoisotopic (exact) mass is 300 g/mol. The average molecular weight is 301 g/mol. The van der Waals surface area contributed by atoms with E-state index in [-0.39, 0.29) is 0 Å². The normalized spacial score (nSPS) is 26.4. The topological polar surface area (TPSA) is 47.1 Å². The van der Waals surface area contributed by atoms with Gasteiger partial charge in [-0.15, -0.1) is 0 Å². The maximum atomic E-state index is 5.89. The molecule has 1 aliphatic rings. The summed E-state index contributed by atoms with van der Waals surface area (Å²) in [7, 11) is 1.99. The van der Waals surface area contributed by atoms with E-state index in [0.717, 1.165) is 30.0 Å². The second kappa shape index (κ2) is 5.50. The van der Waals surface area contributed by atoms with Gasteiger partial charge in [-0.1, -0.05) is 6.92 Å². The lowest BCUT2D eigenvalue weighted by atomic mass is 9.92. The van der Waals surface area contributed by atoms with E-state index in [0.29, 0.717) is 6.04 Å². The Morgan fingerprint density at radius 2 is 2.35 bits per heavy atom. The van der Waals surface area contributed by atoms with Crippen molar-refractivity contribution < 1.29 is 0 Å².